The van der Waals surface area contributed by atoms with Crippen molar-refractivity contribution >= 4 is 21.4 Å². The van der Waals surface area contributed by atoms with E-state index in [4.69, 9.17) is 0 Å². The van der Waals surface area contributed by atoms with E-state index in [0.29, 0.717) is 54.1 Å². The molecule has 14 heteroatoms. The molecular formula is C25H19F4N5O4S. The fraction of sp³-hybridized carbons (Fsp3) is 0.200. The Bertz CT molecular complexity index is 1670. The molecule has 1 saturated carbocycles. The molecule has 39 heavy (non-hydrogen) atoms. The number of sulfonamides is 1. The summed E-state index contributed by atoms with van der Waals surface area (Å²) < 4.78 is 88.6. The van der Waals surface area contributed by atoms with Gasteiger partial charge in [0.25, 0.3) is 5.69 Å². The van der Waals surface area contributed by atoms with Gasteiger partial charge in [0.15, 0.2) is 17.5 Å². The molecule has 0 radical (unpaired) electrons. The highest BCUT2D eigenvalue weighted by atomic mass is 32.2. The highest BCUT2D eigenvalue weighted by Crippen LogP contribution is 2.38. The first-order chi connectivity index (χ1) is 18.5. The summed E-state index contributed by atoms with van der Waals surface area (Å²) in [7, 11) is -4.01. The van der Waals surface area contributed by atoms with Crippen molar-refractivity contribution in [3.8, 4) is 28.1 Å². The number of benzene rings is 2. The lowest BCUT2D eigenvalue weighted by atomic mass is 10.0. The molecule has 5 rings (SSSR count). The Labute approximate surface area is 219 Å². The third-order valence-electron chi connectivity index (χ3n) is 6.43. The lowest BCUT2D eigenvalue weighted by Crippen LogP contribution is -2.25. The minimum atomic E-state index is -4.01. The molecule has 1 aliphatic rings. The SMILES string of the molecule is O=[N+]([O-])c1cc(F)c(-n2cc(-c3cc(F)cc(NS(=O)(=O)C4CCCC4)c3F)c(-c3ccncc3)n2)c(F)c1. The molecule has 0 saturated heterocycles. The molecular weight excluding hydrogens is 542 g/mol. The van der Waals surface area contributed by atoms with Crippen molar-refractivity contribution in [3.05, 3.63) is 88.4 Å². The number of hydrogen-bond acceptors (Lipinski definition) is 6. The van der Waals surface area contributed by atoms with Gasteiger partial charge in [-0.3, -0.25) is 19.8 Å². The second-order valence-electron chi connectivity index (χ2n) is 8.96. The number of hydrogen-bond donors (Lipinski definition) is 1. The Morgan fingerprint density at radius 3 is 2.23 bits per heavy atom. The van der Waals surface area contributed by atoms with E-state index in [1.54, 1.807) is 0 Å². The zero-order chi connectivity index (χ0) is 27.9. The van der Waals surface area contributed by atoms with Gasteiger partial charge in [-0.15, -0.1) is 0 Å². The molecule has 1 fully saturated rings. The number of nitro benzene ring substituents is 1. The minimum absolute atomic E-state index is 0.0383. The Kier molecular flexibility index (Phi) is 6.80. The standard InChI is InChI=1S/C25H19F4N5O4S/c26-15-9-18(23(29)22(10-15)32-39(37,38)17-3-1-2-4-17)19-13-33(31-24(19)14-5-7-30-8-6-14)25-20(27)11-16(34(35)36)12-21(25)28/h5-13,17,32H,1-4H2. The summed E-state index contributed by atoms with van der Waals surface area (Å²) in [6.45, 7) is 0. The van der Waals surface area contributed by atoms with E-state index in [-0.39, 0.29) is 11.3 Å². The van der Waals surface area contributed by atoms with Gasteiger partial charge in [0.2, 0.25) is 10.0 Å². The van der Waals surface area contributed by atoms with Crippen LogP contribution in [0.1, 0.15) is 25.7 Å². The maximum Gasteiger partial charge on any atom is 0.275 e. The molecule has 0 bridgehead atoms. The highest BCUT2D eigenvalue weighted by molar-refractivity contribution is 7.93. The summed E-state index contributed by atoms with van der Waals surface area (Å²) in [5.74, 6) is -4.74. The molecule has 2 aromatic heterocycles. The fourth-order valence-electron chi connectivity index (χ4n) is 4.58. The summed E-state index contributed by atoms with van der Waals surface area (Å²) in [6, 6.07) is 5.46. The van der Waals surface area contributed by atoms with Crippen LogP contribution in [0.4, 0.5) is 28.9 Å². The molecule has 0 unspecified atom stereocenters. The van der Waals surface area contributed by atoms with Gasteiger partial charge < -0.3 is 0 Å². The summed E-state index contributed by atoms with van der Waals surface area (Å²) in [5.41, 5.74) is -2.52. The zero-order valence-electron chi connectivity index (χ0n) is 19.9. The van der Waals surface area contributed by atoms with Gasteiger partial charge in [0.05, 0.1) is 28.0 Å². The Hall–Kier alpha value is -4.33. The van der Waals surface area contributed by atoms with E-state index in [1.165, 1.54) is 24.5 Å². The van der Waals surface area contributed by atoms with Crippen LogP contribution in [0, 0.1) is 33.4 Å². The van der Waals surface area contributed by atoms with Crippen molar-refractivity contribution in [1.82, 2.24) is 14.8 Å². The van der Waals surface area contributed by atoms with Crippen molar-refractivity contribution in [1.29, 1.82) is 0 Å². The largest absolute Gasteiger partial charge is 0.280 e. The smallest absolute Gasteiger partial charge is 0.275 e. The predicted molar refractivity (Wildman–Crippen MR) is 134 cm³/mol. The van der Waals surface area contributed by atoms with Crippen molar-refractivity contribution in [2.24, 2.45) is 0 Å². The van der Waals surface area contributed by atoms with E-state index < -0.39 is 66.1 Å². The van der Waals surface area contributed by atoms with E-state index in [2.05, 4.69) is 14.8 Å². The lowest BCUT2D eigenvalue weighted by Gasteiger charge is -2.15. The number of nitrogens with zero attached hydrogens (tertiary/aromatic N) is 4. The quantitative estimate of drug-likeness (QED) is 0.174. The Morgan fingerprint density at radius 2 is 1.62 bits per heavy atom. The second-order valence-corrected chi connectivity index (χ2v) is 10.9. The molecule has 0 atom stereocenters. The molecule has 202 valence electrons. The van der Waals surface area contributed by atoms with Crippen molar-refractivity contribution in [3.63, 3.8) is 0 Å². The molecule has 0 spiro atoms. The van der Waals surface area contributed by atoms with Crippen molar-refractivity contribution in [2.75, 3.05) is 4.72 Å². The van der Waals surface area contributed by atoms with Gasteiger partial charge in [-0.2, -0.15) is 5.10 Å². The van der Waals surface area contributed by atoms with E-state index >= 15 is 4.39 Å². The van der Waals surface area contributed by atoms with E-state index in [0.717, 1.165) is 12.3 Å². The second kappa shape index (κ2) is 10.1. The van der Waals surface area contributed by atoms with Crippen molar-refractivity contribution in [2.45, 2.75) is 30.9 Å². The number of non-ortho nitro benzene ring substituents is 1. The number of pyridine rings is 1. The number of aromatic nitrogens is 3. The maximum atomic E-state index is 15.8. The maximum absolute atomic E-state index is 15.8. The van der Waals surface area contributed by atoms with Crippen molar-refractivity contribution < 1.29 is 30.9 Å². The average molecular weight is 562 g/mol. The van der Waals surface area contributed by atoms with Crippen LogP contribution in [0.5, 0.6) is 0 Å². The number of rotatable bonds is 7. The summed E-state index contributed by atoms with van der Waals surface area (Å²) >= 11 is 0. The highest BCUT2D eigenvalue weighted by Gasteiger charge is 2.31. The van der Waals surface area contributed by atoms with Crippen LogP contribution in [0.15, 0.2) is 55.0 Å². The van der Waals surface area contributed by atoms with Crippen LogP contribution in [0.2, 0.25) is 0 Å². The van der Waals surface area contributed by atoms with Gasteiger partial charge in [-0.05, 0) is 31.0 Å². The van der Waals surface area contributed by atoms with Gasteiger partial charge in [0.1, 0.15) is 17.2 Å². The summed E-state index contributed by atoms with van der Waals surface area (Å²) in [5, 5.41) is 14.4. The normalized spacial score (nSPS) is 14.1. The Balaban J connectivity index is 1.68. The summed E-state index contributed by atoms with van der Waals surface area (Å²) in [4.78, 5) is 13.9. The first-order valence-electron chi connectivity index (χ1n) is 11.7. The number of halogens is 4. The molecule has 9 nitrogen and oxygen atoms in total. The van der Waals surface area contributed by atoms with Crippen LogP contribution in [-0.4, -0.2) is 33.4 Å². The van der Waals surface area contributed by atoms with Gasteiger partial charge in [-0.1, -0.05) is 12.8 Å². The number of anilines is 1. The molecule has 2 heterocycles. The Morgan fingerprint density at radius 1 is 0.974 bits per heavy atom. The number of nitrogens with one attached hydrogen (secondary N) is 1. The van der Waals surface area contributed by atoms with Crippen LogP contribution in [0.25, 0.3) is 28.1 Å². The monoisotopic (exact) mass is 561 g/mol. The first-order valence-corrected chi connectivity index (χ1v) is 13.2. The molecule has 0 aliphatic heterocycles. The van der Waals surface area contributed by atoms with Gasteiger partial charge in [0, 0.05) is 41.3 Å². The predicted octanol–water partition coefficient (Wildman–Crippen LogP) is 5.75. The average Bonchev–Trinajstić information content (AvgIpc) is 3.57. The van der Waals surface area contributed by atoms with E-state index in [9.17, 15) is 31.7 Å². The topological polar surface area (TPSA) is 120 Å². The van der Waals surface area contributed by atoms with Crippen LogP contribution in [0.3, 0.4) is 0 Å². The van der Waals surface area contributed by atoms with Crippen LogP contribution >= 0.6 is 0 Å². The third-order valence-corrected chi connectivity index (χ3v) is 8.28. The first kappa shape index (κ1) is 26.3. The fourth-order valence-corrected chi connectivity index (χ4v) is 6.16. The van der Waals surface area contributed by atoms with E-state index in [1.807, 2.05) is 0 Å². The zero-order valence-corrected chi connectivity index (χ0v) is 20.8. The third kappa shape index (κ3) is 5.06. The lowest BCUT2D eigenvalue weighted by molar-refractivity contribution is -0.385. The summed E-state index contributed by atoms with van der Waals surface area (Å²) in [6.07, 6.45) is 5.98. The molecule has 4 aromatic rings. The molecule has 1 aliphatic carbocycles. The van der Waals surface area contributed by atoms with Gasteiger partial charge >= 0.3 is 0 Å². The molecule has 1 N–H and O–H groups in total. The number of nitro groups is 1. The molecule has 0 amide bonds. The van der Waals surface area contributed by atoms with Crippen LogP contribution in [-0.2, 0) is 10.0 Å². The molecule has 2 aromatic carbocycles. The van der Waals surface area contributed by atoms with Crippen LogP contribution < -0.4 is 4.72 Å². The van der Waals surface area contributed by atoms with Gasteiger partial charge in [-0.25, -0.2) is 30.7 Å². The minimum Gasteiger partial charge on any atom is -0.280 e.